The number of phenols is 1. The summed E-state index contributed by atoms with van der Waals surface area (Å²) in [5, 5.41) is 24.7. The van der Waals surface area contributed by atoms with Crippen molar-refractivity contribution < 1.29 is 15.0 Å². The molecule has 3 aromatic rings. The van der Waals surface area contributed by atoms with Crippen molar-refractivity contribution in [3.05, 3.63) is 59.7 Å². The first-order chi connectivity index (χ1) is 16.5. The third-order valence-corrected chi connectivity index (χ3v) is 7.91. The van der Waals surface area contributed by atoms with Gasteiger partial charge in [0.25, 0.3) is 0 Å². The van der Waals surface area contributed by atoms with Crippen molar-refractivity contribution in [1.82, 2.24) is 9.78 Å². The summed E-state index contributed by atoms with van der Waals surface area (Å²) in [6.45, 7) is 2.71. The predicted octanol–water partition coefficient (Wildman–Crippen LogP) is 6.79. The van der Waals surface area contributed by atoms with Gasteiger partial charge in [0.2, 0.25) is 0 Å². The van der Waals surface area contributed by atoms with E-state index in [2.05, 4.69) is 6.07 Å². The molecule has 2 N–H and O–H groups in total. The zero-order valence-corrected chi connectivity index (χ0v) is 19.9. The maximum absolute atomic E-state index is 11.4. The number of hydrogen-bond donors (Lipinski definition) is 2. The second-order valence-corrected chi connectivity index (χ2v) is 10.2. The maximum atomic E-state index is 11.4. The van der Waals surface area contributed by atoms with Crippen LogP contribution in [0.1, 0.15) is 67.8 Å². The van der Waals surface area contributed by atoms with E-state index in [0.29, 0.717) is 12.3 Å². The average molecular weight is 459 g/mol. The van der Waals surface area contributed by atoms with E-state index >= 15 is 0 Å². The number of phenolic OH excluding ortho intramolecular Hbond substituents is 1. The highest BCUT2D eigenvalue weighted by Crippen LogP contribution is 2.44. The standard InChI is InChI=1S/C29H34N2O3/c1-2-31-27(23-7-4-8-25(17-23)29(33)34)18-26(30-31)22-11-12-28(32)24(16-22)10-9-21-14-19-5-3-6-20(13-19)15-21/h4,7-8,11-12,16-21,32H,2-3,5-6,9-10,13-15H2,1H3,(H,33,34). The van der Waals surface area contributed by atoms with Crippen LogP contribution in [0.5, 0.6) is 5.75 Å². The predicted molar refractivity (Wildman–Crippen MR) is 134 cm³/mol. The number of aromatic hydroxyl groups is 1. The van der Waals surface area contributed by atoms with Gasteiger partial charge in [0, 0.05) is 17.7 Å². The SMILES string of the molecule is CCn1nc(-c2ccc(O)c(CCC3CC4CCCC(C4)C3)c2)cc1-c1cccc(C(=O)O)c1. The van der Waals surface area contributed by atoms with Gasteiger partial charge in [-0.3, -0.25) is 4.68 Å². The molecule has 0 amide bonds. The van der Waals surface area contributed by atoms with Crippen LogP contribution in [0.2, 0.25) is 0 Å². The Bertz CT molecular complexity index is 1170. The molecule has 5 rings (SSSR count). The molecule has 2 saturated carbocycles. The molecule has 0 aliphatic heterocycles. The van der Waals surface area contributed by atoms with Gasteiger partial charge in [0.05, 0.1) is 17.0 Å². The van der Waals surface area contributed by atoms with E-state index in [4.69, 9.17) is 5.10 Å². The van der Waals surface area contributed by atoms with E-state index in [1.165, 1.54) is 38.5 Å². The van der Waals surface area contributed by atoms with Crippen LogP contribution in [-0.2, 0) is 13.0 Å². The lowest BCUT2D eigenvalue weighted by molar-refractivity contribution is 0.0697. The summed E-state index contributed by atoms with van der Waals surface area (Å²) < 4.78 is 1.91. The van der Waals surface area contributed by atoms with Gasteiger partial charge in [-0.1, -0.05) is 31.4 Å². The second kappa shape index (κ2) is 9.65. The van der Waals surface area contributed by atoms with Crippen molar-refractivity contribution in [3.63, 3.8) is 0 Å². The summed E-state index contributed by atoms with van der Waals surface area (Å²) in [5.41, 5.74) is 4.81. The fourth-order valence-electron chi connectivity index (χ4n) is 6.25. The number of carbonyl (C=O) groups is 1. The Morgan fingerprint density at radius 3 is 2.56 bits per heavy atom. The number of carboxylic acid groups (broad SMARTS) is 1. The van der Waals surface area contributed by atoms with Gasteiger partial charge < -0.3 is 10.2 Å². The number of carboxylic acids is 1. The lowest BCUT2D eigenvalue weighted by Crippen LogP contribution is -2.27. The number of aromatic nitrogens is 2. The van der Waals surface area contributed by atoms with Crippen LogP contribution in [0, 0.1) is 17.8 Å². The van der Waals surface area contributed by atoms with Crippen LogP contribution in [0.15, 0.2) is 48.5 Å². The van der Waals surface area contributed by atoms with Crippen molar-refractivity contribution >= 4 is 5.97 Å². The molecule has 1 aromatic heterocycles. The third-order valence-electron chi connectivity index (χ3n) is 7.91. The quantitative estimate of drug-likeness (QED) is 0.409. The molecule has 0 spiro atoms. The van der Waals surface area contributed by atoms with Crippen LogP contribution in [0.25, 0.3) is 22.5 Å². The van der Waals surface area contributed by atoms with E-state index in [1.807, 2.05) is 29.8 Å². The summed E-state index contributed by atoms with van der Waals surface area (Å²) >= 11 is 0. The molecule has 2 aliphatic rings. The molecule has 2 fully saturated rings. The lowest BCUT2D eigenvalue weighted by Gasteiger charge is -2.39. The third kappa shape index (κ3) is 4.75. The van der Waals surface area contributed by atoms with Crippen LogP contribution in [-0.4, -0.2) is 26.0 Å². The van der Waals surface area contributed by atoms with E-state index in [-0.39, 0.29) is 5.56 Å². The number of fused-ring (bicyclic) bond motifs is 2. The van der Waals surface area contributed by atoms with Crippen molar-refractivity contribution in [2.75, 3.05) is 0 Å². The van der Waals surface area contributed by atoms with Crippen molar-refractivity contribution in [3.8, 4) is 28.3 Å². The number of aromatic carboxylic acids is 1. The molecule has 1 heterocycles. The molecule has 2 atom stereocenters. The minimum Gasteiger partial charge on any atom is -0.508 e. The Balaban J connectivity index is 1.37. The smallest absolute Gasteiger partial charge is 0.335 e. The van der Waals surface area contributed by atoms with Crippen LogP contribution in [0.3, 0.4) is 0 Å². The van der Waals surface area contributed by atoms with Crippen LogP contribution in [0.4, 0.5) is 0 Å². The van der Waals surface area contributed by atoms with Crippen molar-refractivity contribution in [2.45, 2.75) is 64.8 Å². The minimum absolute atomic E-state index is 0.265. The van der Waals surface area contributed by atoms with E-state index in [9.17, 15) is 15.0 Å². The van der Waals surface area contributed by atoms with E-state index in [1.54, 1.807) is 24.3 Å². The molecule has 2 bridgehead atoms. The Labute approximate surface area is 201 Å². The highest BCUT2D eigenvalue weighted by Gasteiger charge is 2.31. The van der Waals surface area contributed by atoms with Crippen molar-refractivity contribution in [1.29, 1.82) is 0 Å². The molecular weight excluding hydrogens is 424 g/mol. The molecule has 5 heteroatoms. The van der Waals surface area contributed by atoms with Crippen molar-refractivity contribution in [2.24, 2.45) is 17.8 Å². The molecule has 5 nitrogen and oxygen atoms in total. The topological polar surface area (TPSA) is 75.3 Å². The van der Waals surface area contributed by atoms with Gasteiger partial charge >= 0.3 is 5.97 Å². The van der Waals surface area contributed by atoms with Gasteiger partial charge in [0.15, 0.2) is 0 Å². The zero-order chi connectivity index (χ0) is 23.7. The first kappa shape index (κ1) is 22.7. The number of benzene rings is 2. The fraction of sp³-hybridized carbons (Fsp3) is 0.448. The maximum Gasteiger partial charge on any atom is 0.335 e. The first-order valence-electron chi connectivity index (χ1n) is 12.7. The number of hydrogen-bond acceptors (Lipinski definition) is 3. The molecule has 2 unspecified atom stereocenters. The molecule has 178 valence electrons. The number of nitrogens with zero attached hydrogens (tertiary/aromatic N) is 2. The summed E-state index contributed by atoms with van der Waals surface area (Å²) in [5.74, 6) is 2.06. The molecule has 34 heavy (non-hydrogen) atoms. The Kier molecular flexibility index (Phi) is 6.44. The normalized spacial score (nSPS) is 22.0. The molecular formula is C29H34N2O3. The van der Waals surface area contributed by atoms with E-state index < -0.39 is 5.97 Å². The van der Waals surface area contributed by atoms with Gasteiger partial charge in [-0.15, -0.1) is 0 Å². The number of aryl methyl sites for hydroxylation is 2. The molecule has 2 aliphatic carbocycles. The monoisotopic (exact) mass is 458 g/mol. The van der Waals surface area contributed by atoms with Gasteiger partial charge in [-0.05, 0) is 98.7 Å². The largest absolute Gasteiger partial charge is 0.508 e. The molecule has 2 aromatic carbocycles. The van der Waals surface area contributed by atoms with Gasteiger partial charge in [-0.2, -0.15) is 5.10 Å². The highest BCUT2D eigenvalue weighted by molar-refractivity contribution is 5.89. The van der Waals surface area contributed by atoms with Gasteiger partial charge in [-0.25, -0.2) is 4.79 Å². The highest BCUT2D eigenvalue weighted by atomic mass is 16.4. The Hall–Kier alpha value is -3.08. The Morgan fingerprint density at radius 1 is 1.03 bits per heavy atom. The second-order valence-electron chi connectivity index (χ2n) is 10.2. The molecule has 0 saturated heterocycles. The summed E-state index contributed by atoms with van der Waals surface area (Å²) in [4.78, 5) is 11.4. The van der Waals surface area contributed by atoms with Gasteiger partial charge in [0.1, 0.15) is 5.75 Å². The first-order valence-corrected chi connectivity index (χ1v) is 12.7. The van der Waals surface area contributed by atoms with E-state index in [0.717, 1.165) is 58.7 Å². The average Bonchev–Trinajstić information content (AvgIpc) is 3.28. The summed E-state index contributed by atoms with van der Waals surface area (Å²) in [6.07, 6.45) is 10.4. The molecule has 0 radical (unpaired) electrons. The minimum atomic E-state index is -0.936. The fourth-order valence-corrected chi connectivity index (χ4v) is 6.25. The van der Waals surface area contributed by atoms with Crippen LogP contribution >= 0.6 is 0 Å². The van der Waals surface area contributed by atoms with Crippen LogP contribution < -0.4 is 0 Å². The summed E-state index contributed by atoms with van der Waals surface area (Å²) in [7, 11) is 0. The number of rotatable bonds is 7. The Morgan fingerprint density at radius 2 is 1.82 bits per heavy atom. The summed E-state index contributed by atoms with van der Waals surface area (Å²) in [6, 6.07) is 14.8. The zero-order valence-electron chi connectivity index (χ0n) is 19.9. The lowest BCUT2D eigenvalue weighted by atomic mass is 9.67.